The third-order valence-corrected chi connectivity index (χ3v) is 3.12. The summed E-state index contributed by atoms with van der Waals surface area (Å²) < 4.78 is 5.45. The molecule has 0 aromatic carbocycles. The molecule has 0 unspecified atom stereocenters. The van der Waals surface area contributed by atoms with E-state index < -0.39 is 0 Å². The van der Waals surface area contributed by atoms with Gasteiger partial charge in [-0.25, -0.2) is 4.98 Å². The molecular weight excluding hydrogens is 250 g/mol. The summed E-state index contributed by atoms with van der Waals surface area (Å²) in [5, 5.41) is 15.2. The Labute approximate surface area is 110 Å². The fourth-order valence-corrected chi connectivity index (χ4v) is 2.07. The number of thiazole rings is 1. The molecule has 0 aliphatic carbocycles. The van der Waals surface area contributed by atoms with Crippen LogP contribution in [0.1, 0.15) is 29.6 Å². The molecule has 0 amide bonds. The van der Waals surface area contributed by atoms with Gasteiger partial charge in [0.05, 0.1) is 18.1 Å². The minimum Gasteiger partial charge on any atom is -0.407 e. The molecule has 0 aliphatic rings. The standard InChI is InChI=1S/C11H17N5OS/c1-7(2)12-6-10-15-16-11(17-10)14-5-9-4-13-8(3)18-9/h4,7,12H,5-6H2,1-3H3,(H,14,16). The number of anilines is 1. The van der Waals surface area contributed by atoms with E-state index in [9.17, 15) is 0 Å². The largest absolute Gasteiger partial charge is 0.407 e. The van der Waals surface area contributed by atoms with Crippen LogP contribution in [0.3, 0.4) is 0 Å². The Balaban J connectivity index is 1.83. The molecule has 0 fully saturated rings. The lowest BCUT2D eigenvalue weighted by molar-refractivity contribution is 0.458. The van der Waals surface area contributed by atoms with Gasteiger partial charge in [-0.3, -0.25) is 0 Å². The number of nitrogens with zero attached hydrogens (tertiary/aromatic N) is 3. The Morgan fingerprint density at radius 2 is 2.17 bits per heavy atom. The SMILES string of the molecule is Cc1ncc(CNc2nnc(CNC(C)C)o2)s1. The summed E-state index contributed by atoms with van der Waals surface area (Å²) in [5.74, 6) is 0.590. The number of rotatable bonds is 6. The summed E-state index contributed by atoms with van der Waals surface area (Å²) in [6.45, 7) is 7.37. The Morgan fingerprint density at radius 1 is 1.33 bits per heavy atom. The Kier molecular flexibility index (Phi) is 4.27. The van der Waals surface area contributed by atoms with Crippen molar-refractivity contribution in [1.29, 1.82) is 0 Å². The highest BCUT2D eigenvalue weighted by atomic mass is 32.1. The fraction of sp³-hybridized carbons (Fsp3) is 0.545. The van der Waals surface area contributed by atoms with Crippen molar-refractivity contribution < 1.29 is 4.42 Å². The average Bonchev–Trinajstić information content (AvgIpc) is 2.93. The maximum Gasteiger partial charge on any atom is 0.315 e. The average molecular weight is 267 g/mol. The fourth-order valence-electron chi connectivity index (χ4n) is 1.34. The normalized spacial score (nSPS) is 11.1. The molecule has 2 rings (SSSR count). The van der Waals surface area contributed by atoms with Crippen LogP contribution in [-0.2, 0) is 13.1 Å². The number of hydrogen-bond donors (Lipinski definition) is 2. The molecule has 7 heteroatoms. The Hall–Kier alpha value is -1.47. The van der Waals surface area contributed by atoms with Crippen molar-refractivity contribution in [3.8, 4) is 0 Å². The molecule has 18 heavy (non-hydrogen) atoms. The molecule has 0 spiro atoms. The minimum atomic E-state index is 0.397. The van der Waals surface area contributed by atoms with Gasteiger partial charge in [0.25, 0.3) is 0 Å². The van der Waals surface area contributed by atoms with E-state index in [1.165, 1.54) is 0 Å². The molecule has 2 aromatic rings. The van der Waals surface area contributed by atoms with Gasteiger partial charge >= 0.3 is 6.01 Å². The van der Waals surface area contributed by atoms with Crippen LogP contribution >= 0.6 is 11.3 Å². The molecule has 0 atom stereocenters. The van der Waals surface area contributed by atoms with E-state index in [-0.39, 0.29) is 0 Å². The van der Waals surface area contributed by atoms with Crippen LogP contribution in [0.15, 0.2) is 10.6 Å². The molecule has 0 bridgehead atoms. The van der Waals surface area contributed by atoms with Crippen LogP contribution in [0, 0.1) is 6.92 Å². The summed E-state index contributed by atoms with van der Waals surface area (Å²) in [7, 11) is 0. The number of hydrogen-bond acceptors (Lipinski definition) is 7. The maximum atomic E-state index is 5.45. The van der Waals surface area contributed by atoms with Crippen LogP contribution in [0.2, 0.25) is 0 Å². The van der Waals surface area contributed by atoms with Crippen molar-refractivity contribution in [2.45, 2.75) is 39.9 Å². The van der Waals surface area contributed by atoms with E-state index in [1.54, 1.807) is 11.3 Å². The van der Waals surface area contributed by atoms with Crippen LogP contribution in [-0.4, -0.2) is 21.2 Å². The van der Waals surface area contributed by atoms with Crippen molar-refractivity contribution in [1.82, 2.24) is 20.5 Å². The van der Waals surface area contributed by atoms with Crippen LogP contribution in [0.5, 0.6) is 0 Å². The molecule has 2 aromatic heterocycles. The summed E-state index contributed by atoms with van der Waals surface area (Å²) in [6, 6.07) is 0.843. The first-order valence-electron chi connectivity index (χ1n) is 5.84. The zero-order valence-electron chi connectivity index (χ0n) is 10.7. The molecule has 0 saturated carbocycles. The maximum absolute atomic E-state index is 5.45. The van der Waals surface area contributed by atoms with Gasteiger partial charge in [-0.15, -0.1) is 16.4 Å². The van der Waals surface area contributed by atoms with Crippen LogP contribution < -0.4 is 10.6 Å². The quantitative estimate of drug-likeness (QED) is 0.833. The van der Waals surface area contributed by atoms with Gasteiger partial charge in [0, 0.05) is 17.1 Å². The van der Waals surface area contributed by atoms with E-state index >= 15 is 0 Å². The molecule has 0 saturated heterocycles. The number of aryl methyl sites for hydroxylation is 1. The molecule has 98 valence electrons. The van der Waals surface area contributed by atoms with Crippen molar-refractivity contribution in [3.63, 3.8) is 0 Å². The van der Waals surface area contributed by atoms with Crippen molar-refractivity contribution in [2.24, 2.45) is 0 Å². The lowest BCUT2D eigenvalue weighted by Gasteiger charge is -2.03. The van der Waals surface area contributed by atoms with Crippen LogP contribution in [0.25, 0.3) is 0 Å². The Bertz CT molecular complexity index is 493. The van der Waals surface area contributed by atoms with Gasteiger partial charge < -0.3 is 15.1 Å². The predicted octanol–water partition coefficient (Wildman–Crippen LogP) is 1.94. The first-order chi connectivity index (χ1) is 8.63. The summed E-state index contributed by atoms with van der Waals surface area (Å²) in [4.78, 5) is 5.33. The first-order valence-corrected chi connectivity index (χ1v) is 6.66. The second-order valence-electron chi connectivity index (χ2n) is 4.24. The van der Waals surface area contributed by atoms with Crippen molar-refractivity contribution in [2.75, 3.05) is 5.32 Å². The van der Waals surface area contributed by atoms with E-state index in [1.807, 2.05) is 13.1 Å². The van der Waals surface area contributed by atoms with Gasteiger partial charge in [0.1, 0.15) is 0 Å². The molecule has 2 N–H and O–H groups in total. The summed E-state index contributed by atoms with van der Waals surface area (Å²) in [6.07, 6.45) is 1.85. The van der Waals surface area contributed by atoms with Crippen LogP contribution in [0.4, 0.5) is 6.01 Å². The summed E-state index contributed by atoms with van der Waals surface area (Å²) in [5.41, 5.74) is 0. The van der Waals surface area contributed by atoms with E-state index in [0.29, 0.717) is 31.0 Å². The third-order valence-electron chi connectivity index (χ3n) is 2.21. The lowest BCUT2D eigenvalue weighted by Crippen LogP contribution is -2.21. The van der Waals surface area contributed by atoms with Gasteiger partial charge in [0.2, 0.25) is 5.89 Å². The predicted molar refractivity (Wildman–Crippen MR) is 70.5 cm³/mol. The lowest BCUT2D eigenvalue weighted by atomic mass is 10.4. The van der Waals surface area contributed by atoms with Gasteiger partial charge in [-0.2, -0.15) is 0 Å². The van der Waals surface area contributed by atoms with E-state index in [0.717, 1.165) is 9.88 Å². The molecule has 2 heterocycles. The zero-order valence-corrected chi connectivity index (χ0v) is 11.5. The molecule has 6 nitrogen and oxygen atoms in total. The highest BCUT2D eigenvalue weighted by Gasteiger charge is 2.06. The van der Waals surface area contributed by atoms with Crippen molar-refractivity contribution >= 4 is 17.4 Å². The molecule has 0 aliphatic heterocycles. The summed E-state index contributed by atoms with van der Waals surface area (Å²) >= 11 is 1.65. The number of nitrogens with one attached hydrogen (secondary N) is 2. The second-order valence-corrected chi connectivity index (χ2v) is 5.56. The zero-order chi connectivity index (χ0) is 13.0. The van der Waals surface area contributed by atoms with Crippen molar-refractivity contribution in [3.05, 3.63) is 22.0 Å². The monoisotopic (exact) mass is 267 g/mol. The van der Waals surface area contributed by atoms with E-state index in [2.05, 4.69) is 39.7 Å². The molecule has 0 radical (unpaired) electrons. The van der Waals surface area contributed by atoms with Gasteiger partial charge in [0.15, 0.2) is 0 Å². The third kappa shape index (κ3) is 3.78. The highest BCUT2D eigenvalue weighted by molar-refractivity contribution is 7.11. The van der Waals surface area contributed by atoms with Gasteiger partial charge in [-0.1, -0.05) is 18.9 Å². The minimum absolute atomic E-state index is 0.397. The molecular formula is C11H17N5OS. The first kappa shape index (κ1) is 13.0. The van der Waals surface area contributed by atoms with Gasteiger partial charge in [-0.05, 0) is 6.92 Å². The smallest absolute Gasteiger partial charge is 0.315 e. The number of aromatic nitrogens is 3. The Morgan fingerprint density at radius 3 is 2.83 bits per heavy atom. The topological polar surface area (TPSA) is 75.9 Å². The highest BCUT2D eigenvalue weighted by Crippen LogP contribution is 2.13. The van der Waals surface area contributed by atoms with E-state index in [4.69, 9.17) is 4.42 Å². The second kappa shape index (κ2) is 5.92.